The third-order valence-electron chi connectivity index (χ3n) is 5.73. The van der Waals surface area contributed by atoms with E-state index >= 15 is 0 Å². The number of nitrogens with zero attached hydrogens (tertiary/aromatic N) is 3. The van der Waals surface area contributed by atoms with Crippen molar-refractivity contribution in [2.45, 2.75) is 23.6 Å². The fraction of sp³-hybridized carbons (Fsp3) is 0.318. The quantitative estimate of drug-likeness (QED) is 0.452. The summed E-state index contributed by atoms with van der Waals surface area (Å²) in [4.78, 5) is 12.4. The highest BCUT2D eigenvalue weighted by Gasteiger charge is 2.67. The number of rotatable bonds is 7. The zero-order valence-electron chi connectivity index (χ0n) is 17.5. The number of amidine groups is 1. The number of benzene rings is 1. The minimum atomic E-state index is -2.02. The van der Waals surface area contributed by atoms with E-state index < -0.39 is 33.0 Å². The molecule has 172 valence electrons. The van der Waals surface area contributed by atoms with Crippen LogP contribution in [0, 0.1) is 24.1 Å². The van der Waals surface area contributed by atoms with Crippen LogP contribution >= 0.6 is 11.8 Å². The first-order chi connectivity index (χ1) is 15.7. The Bertz CT molecular complexity index is 1220. The third-order valence-corrected chi connectivity index (χ3v) is 7.97. The van der Waals surface area contributed by atoms with Crippen molar-refractivity contribution in [3.05, 3.63) is 53.2 Å². The first kappa shape index (κ1) is 23.4. The Labute approximate surface area is 196 Å². The van der Waals surface area contributed by atoms with Gasteiger partial charge in [-0.3, -0.25) is 4.99 Å². The zero-order chi connectivity index (χ0) is 23.8. The average molecular weight is 491 g/mol. The summed E-state index contributed by atoms with van der Waals surface area (Å²) in [6.45, 7) is 1.76. The van der Waals surface area contributed by atoms with Crippen molar-refractivity contribution >= 4 is 39.9 Å². The Morgan fingerprint density at radius 3 is 2.94 bits per heavy atom. The molecule has 1 aromatic heterocycles. The van der Waals surface area contributed by atoms with Gasteiger partial charge in [0, 0.05) is 16.2 Å². The molecule has 11 heteroatoms. The summed E-state index contributed by atoms with van der Waals surface area (Å²) in [5, 5.41) is 0.227. The lowest BCUT2D eigenvalue weighted by Gasteiger charge is -2.34. The second kappa shape index (κ2) is 8.85. The molecule has 4 rings (SSSR count). The summed E-state index contributed by atoms with van der Waals surface area (Å²) in [6, 6.07) is 4.19. The molecule has 1 aliphatic heterocycles. The number of halogens is 2. The number of ether oxygens (including phenoxy) is 1. The van der Waals surface area contributed by atoms with Crippen molar-refractivity contribution in [1.29, 1.82) is 0 Å². The molecule has 0 radical (unpaired) electrons. The molecule has 1 saturated carbocycles. The van der Waals surface area contributed by atoms with Gasteiger partial charge in [-0.2, -0.15) is 0 Å². The highest BCUT2D eigenvalue weighted by molar-refractivity contribution is 8.15. The molecule has 7 nitrogen and oxygen atoms in total. The number of aliphatic imine (C=N–C) groups is 1. The van der Waals surface area contributed by atoms with E-state index in [1.165, 1.54) is 48.4 Å². The monoisotopic (exact) mass is 490 g/mol. The normalized spacial score (nSPS) is 27.2. The molecule has 2 aliphatic rings. The highest BCUT2D eigenvalue weighted by atomic mass is 32.2. The first-order valence-corrected chi connectivity index (χ1v) is 11.9. The number of hydrogen-bond acceptors (Lipinski definition) is 7. The van der Waals surface area contributed by atoms with Crippen molar-refractivity contribution in [3.8, 4) is 18.2 Å². The van der Waals surface area contributed by atoms with Gasteiger partial charge >= 0.3 is 0 Å². The summed E-state index contributed by atoms with van der Waals surface area (Å²) in [6.07, 6.45) is 9.36. The molecule has 1 aromatic carbocycles. The van der Waals surface area contributed by atoms with Crippen LogP contribution in [0.5, 0.6) is 5.88 Å². The molecule has 1 aliphatic carbocycles. The molecule has 2 heterocycles. The van der Waals surface area contributed by atoms with Gasteiger partial charge in [0.1, 0.15) is 11.5 Å². The van der Waals surface area contributed by atoms with Gasteiger partial charge in [-0.05, 0) is 37.1 Å². The molecule has 3 N–H and O–H groups in total. The van der Waals surface area contributed by atoms with Crippen LogP contribution in [-0.4, -0.2) is 41.0 Å². The van der Waals surface area contributed by atoms with E-state index in [1.807, 2.05) is 0 Å². The molecule has 33 heavy (non-hydrogen) atoms. The second-order valence-corrected chi connectivity index (χ2v) is 10.3. The Kier molecular flexibility index (Phi) is 6.26. The number of terminal acetylenes is 1. The molecule has 4 atom stereocenters. The van der Waals surface area contributed by atoms with Crippen LogP contribution in [0.2, 0.25) is 0 Å². The molecule has 0 amide bonds. The number of fused-ring (bicyclic) bond motifs is 1. The summed E-state index contributed by atoms with van der Waals surface area (Å²) < 4.78 is 55.2. The maximum Gasteiger partial charge on any atom is 0.233 e. The van der Waals surface area contributed by atoms with Gasteiger partial charge in [0.25, 0.3) is 0 Å². The predicted octanol–water partition coefficient (Wildman–Crippen LogP) is 3.35. The van der Waals surface area contributed by atoms with Crippen molar-refractivity contribution in [3.63, 3.8) is 0 Å². The van der Waals surface area contributed by atoms with Crippen LogP contribution in [0.3, 0.4) is 0 Å². The zero-order valence-corrected chi connectivity index (χ0v) is 19.1. The van der Waals surface area contributed by atoms with Gasteiger partial charge in [0.2, 0.25) is 5.88 Å². The van der Waals surface area contributed by atoms with Crippen LogP contribution in [0.1, 0.15) is 30.2 Å². The van der Waals surface area contributed by atoms with E-state index in [2.05, 4.69) is 20.9 Å². The van der Waals surface area contributed by atoms with Gasteiger partial charge in [0.15, 0.2) is 28.7 Å². The second-order valence-electron chi connectivity index (χ2n) is 7.95. The summed E-state index contributed by atoms with van der Waals surface area (Å²) >= 11 is -0.768. The molecule has 1 fully saturated rings. The van der Waals surface area contributed by atoms with Gasteiger partial charge in [0.05, 0.1) is 23.7 Å². The van der Waals surface area contributed by atoms with Crippen molar-refractivity contribution < 1.29 is 22.3 Å². The molecule has 2 aromatic rings. The van der Waals surface area contributed by atoms with E-state index in [4.69, 9.17) is 16.9 Å². The van der Waals surface area contributed by atoms with E-state index in [1.54, 1.807) is 6.92 Å². The minimum Gasteiger partial charge on any atom is -0.463 e. The summed E-state index contributed by atoms with van der Waals surface area (Å²) in [5.74, 6) is 1.11. The van der Waals surface area contributed by atoms with Gasteiger partial charge in [-0.1, -0.05) is 23.7 Å². The number of nitrogens with two attached hydrogens (primary N) is 1. The largest absolute Gasteiger partial charge is 0.463 e. The van der Waals surface area contributed by atoms with Crippen LogP contribution < -0.4 is 10.5 Å². The van der Waals surface area contributed by atoms with Crippen LogP contribution in [0.25, 0.3) is 11.9 Å². The summed E-state index contributed by atoms with van der Waals surface area (Å²) in [5.41, 5.74) is 5.58. The lowest BCUT2D eigenvalue weighted by atomic mass is 9.85. The SMILES string of the molecule is C#CCOc1cnc(/C(F)=C/c2ccc(F)c([C@@]3(C)N=C(N)S[C@]4(CS(=O)O)C[C@H]43)c2)cn1. The van der Waals surface area contributed by atoms with Gasteiger partial charge in [-0.15, -0.1) is 6.42 Å². The van der Waals surface area contributed by atoms with Crippen molar-refractivity contribution in [1.82, 2.24) is 9.97 Å². The molecule has 1 unspecified atom stereocenters. The molecule has 0 bridgehead atoms. The van der Waals surface area contributed by atoms with Gasteiger partial charge < -0.3 is 15.0 Å². The van der Waals surface area contributed by atoms with E-state index in [9.17, 15) is 17.5 Å². The molecule has 0 spiro atoms. The Hall–Kier alpha value is -2.81. The Morgan fingerprint density at radius 2 is 2.27 bits per heavy atom. The van der Waals surface area contributed by atoms with Crippen LogP contribution in [0.4, 0.5) is 8.78 Å². The van der Waals surface area contributed by atoms with Crippen LogP contribution in [0.15, 0.2) is 35.6 Å². The molecular formula is C22H20F2N4O3S2. The standard InChI is InChI=1S/C22H20F2N4O3S2/c1-3-6-31-19-11-26-17(10-27-19)16(24)8-13-4-5-15(23)14(7-13)21(2)18-9-22(18,12-33(29)30)32-20(25)28-21/h1,4-5,7-8,10-11,18H,6,9,12H2,2H3,(H2,25,28)(H,29,30)/b16-8-/t18-,21+,22-/m0/s1. The Morgan fingerprint density at radius 1 is 1.48 bits per heavy atom. The van der Waals surface area contributed by atoms with E-state index in [0.717, 1.165) is 0 Å². The van der Waals surface area contributed by atoms with Gasteiger partial charge in [-0.25, -0.2) is 23.0 Å². The maximum atomic E-state index is 14.9. The smallest absolute Gasteiger partial charge is 0.233 e. The Balaban J connectivity index is 1.64. The van der Waals surface area contributed by atoms with E-state index in [-0.39, 0.29) is 40.6 Å². The predicted molar refractivity (Wildman–Crippen MR) is 125 cm³/mol. The summed E-state index contributed by atoms with van der Waals surface area (Å²) in [7, 11) is 0. The minimum absolute atomic E-state index is 0.0176. The number of thioether (sulfide) groups is 1. The van der Waals surface area contributed by atoms with Crippen molar-refractivity contribution in [2.24, 2.45) is 16.6 Å². The number of hydrogen-bond donors (Lipinski definition) is 2. The number of aromatic nitrogens is 2. The fourth-order valence-corrected chi connectivity index (χ4v) is 6.71. The lowest BCUT2D eigenvalue weighted by molar-refractivity contribution is 0.353. The van der Waals surface area contributed by atoms with Crippen molar-refractivity contribution in [2.75, 3.05) is 12.4 Å². The molecular weight excluding hydrogens is 470 g/mol. The van der Waals surface area contributed by atoms with Crippen LogP contribution in [-0.2, 0) is 16.6 Å². The fourth-order valence-electron chi connectivity index (χ4n) is 4.16. The highest BCUT2D eigenvalue weighted by Crippen LogP contribution is 2.66. The maximum absolute atomic E-state index is 14.9. The third kappa shape index (κ3) is 4.64. The molecule has 0 saturated heterocycles. The lowest BCUT2D eigenvalue weighted by Crippen LogP contribution is -2.38. The first-order valence-electron chi connectivity index (χ1n) is 9.84. The average Bonchev–Trinajstić information content (AvgIpc) is 3.47. The topological polar surface area (TPSA) is 111 Å². The van der Waals surface area contributed by atoms with E-state index in [0.29, 0.717) is 12.0 Å².